The number of likely N-dealkylation sites (tertiary alicyclic amines) is 1. The van der Waals surface area contributed by atoms with Crippen LogP contribution in [0.4, 0.5) is 0 Å². The maximum Gasteiger partial charge on any atom is 0.0596 e. The molecule has 2 saturated heterocycles. The number of likely N-dealkylation sites (N-methyl/N-ethyl adjacent to an activating group) is 1. The van der Waals surface area contributed by atoms with E-state index in [0.717, 1.165) is 0 Å². The fraction of sp³-hybridized carbons (Fsp3) is 0.778. The van der Waals surface area contributed by atoms with Gasteiger partial charge in [0.1, 0.15) is 0 Å². The Balaban J connectivity index is 2.20. The molecule has 2 fully saturated rings. The molecule has 1 unspecified atom stereocenters. The summed E-state index contributed by atoms with van der Waals surface area (Å²) in [5, 5.41) is 3.57. The molecule has 62 valence electrons. The molecule has 11 heavy (non-hydrogen) atoms. The molecule has 0 aromatic carbocycles. The molecule has 0 saturated carbocycles. The summed E-state index contributed by atoms with van der Waals surface area (Å²) in [6.45, 7) is 6.48. The maximum atomic E-state index is 4.13. The molecule has 0 aromatic rings. The lowest BCUT2D eigenvalue weighted by atomic mass is 9.94. The van der Waals surface area contributed by atoms with Gasteiger partial charge in [-0.15, -0.1) is 0 Å². The Labute approximate surface area is 68.3 Å². The van der Waals surface area contributed by atoms with Crippen molar-refractivity contribution in [3.8, 4) is 0 Å². The lowest BCUT2D eigenvalue weighted by molar-refractivity contribution is 0.435. The Kier molecular flexibility index (Phi) is 1.46. The third-order valence-electron chi connectivity index (χ3n) is 3.13. The molecular formula is C9H16N2. The highest BCUT2D eigenvalue weighted by Crippen LogP contribution is 2.36. The molecule has 2 aliphatic rings. The van der Waals surface area contributed by atoms with Crippen molar-refractivity contribution in [3.05, 3.63) is 12.3 Å². The van der Waals surface area contributed by atoms with E-state index in [4.69, 9.17) is 0 Å². The van der Waals surface area contributed by atoms with E-state index >= 15 is 0 Å². The molecule has 0 amide bonds. The quantitative estimate of drug-likeness (QED) is 0.556. The number of hydrogen-bond acceptors (Lipinski definition) is 2. The highest BCUT2D eigenvalue weighted by atomic mass is 15.2. The second kappa shape index (κ2) is 2.24. The van der Waals surface area contributed by atoms with Gasteiger partial charge in [0.25, 0.3) is 0 Å². The van der Waals surface area contributed by atoms with Gasteiger partial charge in [0.2, 0.25) is 0 Å². The lowest BCUT2D eigenvalue weighted by Crippen LogP contribution is -2.39. The van der Waals surface area contributed by atoms with E-state index in [1.807, 2.05) is 0 Å². The summed E-state index contributed by atoms with van der Waals surface area (Å²) >= 11 is 0. The van der Waals surface area contributed by atoms with E-state index in [9.17, 15) is 0 Å². The molecule has 1 N–H and O–H groups in total. The summed E-state index contributed by atoms with van der Waals surface area (Å²) < 4.78 is 0. The zero-order valence-electron chi connectivity index (χ0n) is 7.19. The van der Waals surface area contributed by atoms with Crippen LogP contribution in [0.15, 0.2) is 12.3 Å². The highest BCUT2D eigenvalue weighted by Gasteiger charge is 2.41. The first-order chi connectivity index (χ1) is 5.25. The topological polar surface area (TPSA) is 15.3 Å². The van der Waals surface area contributed by atoms with Gasteiger partial charge in [-0.3, -0.25) is 0 Å². The summed E-state index contributed by atoms with van der Waals surface area (Å²) in [5.74, 6) is 0. The predicted octanol–water partition coefficient (Wildman–Crippen LogP) is 0.958. The normalized spacial score (nSPS) is 37.5. The van der Waals surface area contributed by atoms with Crippen molar-refractivity contribution in [3.63, 3.8) is 0 Å². The molecule has 1 spiro atoms. The molecule has 1 atom stereocenters. The van der Waals surface area contributed by atoms with Crippen molar-refractivity contribution < 1.29 is 0 Å². The molecule has 2 nitrogen and oxygen atoms in total. The Hall–Kier alpha value is -0.500. The van der Waals surface area contributed by atoms with Crippen molar-refractivity contribution in [1.29, 1.82) is 0 Å². The van der Waals surface area contributed by atoms with Gasteiger partial charge in [-0.1, -0.05) is 6.58 Å². The standard InChI is InChI=1S/C9H16N2/c1-8-9(4-3-6-10-9)5-7-11(8)2/h10H,1,3-7H2,2H3. The van der Waals surface area contributed by atoms with E-state index in [0.29, 0.717) is 5.54 Å². The van der Waals surface area contributed by atoms with Crippen molar-refractivity contribution in [2.24, 2.45) is 0 Å². The van der Waals surface area contributed by atoms with Gasteiger partial charge >= 0.3 is 0 Å². The average Bonchev–Trinajstić information content (AvgIpc) is 2.56. The van der Waals surface area contributed by atoms with Crippen LogP contribution >= 0.6 is 0 Å². The molecule has 0 aliphatic carbocycles. The third kappa shape index (κ3) is 0.890. The minimum atomic E-state index is 0.300. The fourth-order valence-electron chi connectivity index (χ4n) is 2.27. The fourth-order valence-corrected chi connectivity index (χ4v) is 2.27. The van der Waals surface area contributed by atoms with Crippen LogP contribution in [0.5, 0.6) is 0 Å². The van der Waals surface area contributed by atoms with Gasteiger partial charge in [0.15, 0.2) is 0 Å². The highest BCUT2D eigenvalue weighted by molar-refractivity contribution is 5.22. The van der Waals surface area contributed by atoms with Gasteiger partial charge < -0.3 is 10.2 Å². The van der Waals surface area contributed by atoms with E-state index in [1.165, 1.54) is 38.0 Å². The van der Waals surface area contributed by atoms with Gasteiger partial charge in [-0.2, -0.15) is 0 Å². The Morgan fingerprint density at radius 2 is 2.36 bits per heavy atom. The summed E-state index contributed by atoms with van der Waals surface area (Å²) in [6, 6.07) is 0. The van der Waals surface area contributed by atoms with Gasteiger partial charge in [0.05, 0.1) is 5.54 Å². The maximum absolute atomic E-state index is 4.13. The number of rotatable bonds is 0. The zero-order chi connectivity index (χ0) is 7.90. The first-order valence-corrected chi connectivity index (χ1v) is 4.40. The zero-order valence-corrected chi connectivity index (χ0v) is 7.19. The number of hydrogen-bond donors (Lipinski definition) is 1. The molecule has 2 heterocycles. The van der Waals surface area contributed by atoms with E-state index in [2.05, 4.69) is 23.8 Å². The Bertz CT molecular complexity index is 180. The van der Waals surface area contributed by atoms with Crippen molar-refractivity contribution in [2.75, 3.05) is 20.1 Å². The number of nitrogens with one attached hydrogen (secondary N) is 1. The summed E-state index contributed by atoms with van der Waals surface area (Å²) in [7, 11) is 2.14. The summed E-state index contributed by atoms with van der Waals surface area (Å²) in [6.07, 6.45) is 3.85. The average molecular weight is 152 g/mol. The smallest absolute Gasteiger partial charge is 0.0596 e. The molecule has 0 aromatic heterocycles. The minimum absolute atomic E-state index is 0.300. The SMILES string of the molecule is C=C1N(C)CCC12CCCN2. The molecular weight excluding hydrogens is 136 g/mol. The van der Waals surface area contributed by atoms with Crippen LogP contribution in [0.2, 0.25) is 0 Å². The van der Waals surface area contributed by atoms with E-state index in [-0.39, 0.29) is 0 Å². The van der Waals surface area contributed by atoms with Crippen LogP contribution in [0.3, 0.4) is 0 Å². The van der Waals surface area contributed by atoms with E-state index < -0.39 is 0 Å². The Morgan fingerprint density at radius 3 is 2.82 bits per heavy atom. The predicted molar refractivity (Wildman–Crippen MR) is 46.4 cm³/mol. The van der Waals surface area contributed by atoms with Crippen molar-refractivity contribution in [1.82, 2.24) is 10.2 Å². The van der Waals surface area contributed by atoms with Crippen molar-refractivity contribution >= 4 is 0 Å². The summed E-state index contributed by atoms with van der Waals surface area (Å²) in [5.41, 5.74) is 1.60. The summed E-state index contributed by atoms with van der Waals surface area (Å²) in [4.78, 5) is 2.28. The second-order valence-corrected chi connectivity index (χ2v) is 3.73. The van der Waals surface area contributed by atoms with Crippen LogP contribution in [-0.2, 0) is 0 Å². The molecule has 2 aliphatic heterocycles. The van der Waals surface area contributed by atoms with Crippen LogP contribution in [0.1, 0.15) is 19.3 Å². The van der Waals surface area contributed by atoms with E-state index in [1.54, 1.807) is 0 Å². The monoisotopic (exact) mass is 152 g/mol. The van der Waals surface area contributed by atoms with Crippen molar-refractivity contribution in [2.45, 2.75) is 24.8 Å². The lowest BCUT2D eigenvalue weighted by Gasteiger charge is -2.26. The number of nitrogens with zero attached hydrogens (tertiary/aromatic N) is 1. The molecule has 2 rings (SSSR count). The first-order valence-electron chi connectivity index (χ1n) is 4.40. The van der Waals surface area contributed by atoms with Gasteiger partial charge in [0, 0.05) is 19.3 Å². The molecule has 0 radical (unpaired) electrons. The minimum Gasteiger partial charge on any atom is -0.377 e. The largest absolute Gasteiger partial charge is 0.377 e. The van der Waals surface area contributed by atoms with Crippen LogP contribution in [0.25, 0.3) is 0 Å². The van der Waals surface area contributed by atoms with Crippen LogP contribution in [-0.4, -0.2) is 30.6 Å². The third-order valence-corrected chi connectivity index (χ3v) is 3.13. The van der Waals surface area contributed by atoms with Gasteiger partial charge in [-0.05, 0) is 25.8 Å². The van der Waals surface area contributed by atoms with Crippen LogP contribution in [0, 0.1) is 0 Å². The molecule has 0 bridgehead atoms. The first kappa shape index (κ1) is 7.17. The van der Waals surface area contributed by atoms with Gasteiger partial charge in [-0.25, -0.2) is 0 Å². The van der Waals surface area contributed by atoms with Crippen LogP contribution < -0.4 is 5.32 Å². The Morgan fingerprint density at radius 1 is 1.55 bits per heavy atom. The second-order valence-electron chi connectivity index (χ2n) is 3.73. The molecule has 2 heteroatoms.